The summed E-state index contributed by atoms with van der Waals surface area (Å²) in [4.78, 5) is 10.7. The molecule has 0 radical (unpaired) electrons. The molecule has 2 rings (SSSR count). The molecule has 0 bridgehead atoms. The summed E-state index contributed by atoms with van der Waals surface area (Å²) in [5, 5.41) is 2.29. The smallest absolute Gasteiger partial charge is 0.316 e. The van der Waals surface area contributed by atoms with Crippen molar-refractivity contribution in [3.05, 3.63) is 23.5 Å². The Kier molecular flexibility index (Phi) is 2.42. The Morgan fingerprint density at radius 3 is 3.07 bits per heavy atom. The van der Waals surface area contributed by atoms with Crippen molar-refractivity contribution in [1.29, 1.82) is 0 Å². The first-order valence-corrected chi connectivity index (χ1v) is 4.26. The minimum Gasteiger partial charge on any atom is -0.465 e. The molecule has 1 aromatic carbocycles. The number of benzene rings is 1. The van der Waals surface area contributed by atoms with Crippen molar-refractivity contribution in [1.82, 2.24) is 0 Å². The first-order valence-electron chi connectivity index (χ1n) is 4.26. The number of anilines is 1. The highest BCUT2D eigenvalue weighted by Gasteiger charge is 2.17. The highest BCUT2D eigenvalue weighted by atomic mass is 19.1. The van der Waals surface area contributed by atoms with Gasteiger partial charge in [-0.1, -0.05) is 0 Å². The van der Waals surface area contributed by atoms with Gasteiger partial charge in [-0.05, 0) is 6.07 Å². The second kappa shape index (κ2) is 3.74. The predicted octanol–water partition coefficient (Wildman–Crippen LogP) is 1.18. The van der Waals surface area contributed by atoms with Gasteiger partial charge in [0.25, 0.3) is 0 Å². The zero-order valence-corrected chi connectivity index (χ0v) is 7.75. The van der Waals surface area contributed by atoms with Gasteiger partial charge in [0.1, 0.15) is 5.82 Å². The lowest BCUT2D eigenvalue weighted by Gasteiger charge is -2.20. The van der Waals surface area contributed by atoms with Gasteiger partial charge in [-0.2, -0.15) is 0 Å². The molecule has 6 heteroatoms. The van der Waals surface area contributed by atoms with E-state index in [4.69, 9.17) is 15.2 Å². The minimum absolute atomic E-state index is 0.0755. The van der Waals surface area contributed by atoms with Gasteiger partial charge in [-0.25, -0.2) is 9.18 Å². The van der Waals surface area contributed by atoms with Crippen molar-refractivity contribution in [2.24, 2.45) is 5.73 Å². The van der Waals surface area contributed by atoms with Crippen LogP contribution in [0, 0.1) is 5.82 Å². The summed E-state index contributed by atoms with van der Waals surface area (Å²) >= 11 is 0. The zero-order chi connectivity index (χ0) is 10.8. The Morgan fingerprint density at radius 1 is 1.53 bits per heavy atom. The molecule has 1 heterocycles. The lowest BCUT2D eigenvalue weighted by atomic mass is 10.1. The normalized spacial score (nSPS) is 13.9. The average Bonchev–Trinajstić information content (AvgIpc) is 2.16. The number of carbonyl (C=O) groups is 1. The highest BCUT2D eigenvalue weighted by molar-refractivity contribution is 5.90. The van der Waals surface area contributed by atoms with E-state index in [1.807, 2.05) is 0 Å². The molecule has 0 aromatic heterocycles. The molecule has 0 unspecified atom stereocenters. The maximum Gasteiger partial charge on any atom is 0.316 e. The first kappa shape index (κ1) is 9.72. The number of urea groups is 1. The number of halogens is 1. The number of fused-ring (bicyclic) bond motifs is 1. The molecule has 2 amide bonds. The first-order chi connectivity index (χ1) is 7.16. The summed E-state index contributed by atoms with van der Waals surface area (Å²) in [6.07, 6.45) is 0. The van der Waals surface area contributed by atoms with Crippen LogP contribution in [0.5, 0.6) is 5.75 Å². The summed E-state index contributed by atoms with van der Waals surface area (Å²) < 4.78 is 23.2. The Balaban J connectivity index is 2.43. The molecule has 5 nitrogen and oxygen atoms in total. The number of rotatable bonds is 1. The number of primary amides is 1. The van der Waals surface area contributed by atoms with Crippen molar-refractivity contribution in [3.63, 3.8) is 0 Å². The summed E-state index contributed by atoms with van der Waals surface area (Å²) in [6, 6.07) is 1.67. The van der Waals surface area contributed by atoms with Crippen LogP contribution in [-0.4, -0.2) is 12.8 Å². The van der Waals surface area contributed by atoms with E-state index in [1.165, 1.54) is 6.07 Å². The second-order valence-electron chi connectivity index (χ2n) is 3.04. The maximum atomic E-state index is 13.1. The lowest BCUT2D eigenvalue weighted by Crippen LogP contribution is -2.21. The van der Waals surface area contributed by atoms with Crippen molar-refractivity contribution >= 4 is 11.7 Å². The highest BCUT2D eigenvalue weighted by Crippen LogP contribution is 2.33. The van der Waals surface area contributed by atoms with E-state index >= 15 is 0 Å². The fourth-order valence-corrected chi connectivity index (χ4v) is 1.41. The number of nitrogens with one attached hydrogen (secondary N) is 1. The molecule has 1 aliphatic heterocycles. The number of nitrogens with two attached hydrogens (primary N) is 1. The molecule has 0 fully saturated rings. The van der Waals surface area contributed by atoms with Gasteiger partial charge in [0, 0.05) is 11.6 Å². The second-order valence-corrected chi connectivity index (χ2v) is 3.04. The molecular formula is C9H9FN2O3. The van der Waals surface area contributed by atoms with Gasteiger partial charge in [-0.15, -0.1) is 0 Å². The van der Waals surface area contributed by atoms with Crippen molar-refractivity contribution in [2.75, 3.05) is 12.1 Å². The Labute approximate surface area is 85.0 Å². The van der Waals surface area contributed by atoms with Crippen molar-refractivity contribution in [2.45, 2.75) is 6.61 Å². The van der Waals surface area contributed by atoms with E-state index in [9.17, 15) is 9.18 Å². The zero-order valence-electron chi connectivity index (χ0n) is 7.75. The molecule has 0 saturated heterocycles. The standard InChI is InChI=1S/C9H9FN2O3/c10-6-1-5-3-14-4-15-8(5)7(2-6)12-9(11)13/h1-2H,3-4H2,(H3,11,12,13). The maximum absolute atomic E-state index is 13.1. The van der Waals surface area contributed by atoms with Gasteiger partial charge < -0.3 is 20.5 Å². The quantitative estimate of drug-likeness (QED) is 0.734. The van der Waals surface area contributed by atoms with E-state index < -0.39 is 11.8 Å². The van der Waals surface area contributed by atoms with E-state index in [-0.39, 0.29) is 19.1 Å². The number of carbonyl (C=O) groups excluding carboxylic acids is 1. The van der Waals surface area contributed by atoms with Crippen LogP contribution in [0.4, 0.5) is 14.9 Å². The van der Waals surface area contributed by atoms with Gasteiger partial charge in [-0.3, -0.25) is 0 Å². The summed E-state index contributed by atoms with van der Waals surface area (Å²) in [6.45, 7) is 0.326. The summed E-state index contributed by atoms with van der Waals surface area (Å²) in [5.41, 5.74) is 5.72. The molecule has 0 saturated carbocycles. The third-order valence-electron chi connectivity index (χ3n) is 1.93. The van der Waals surface area contributed by atoms with Crippen LogP contribution in [0.3, 0.4) is 0 Å². The van der Waals surface area contributed by atoms with Gasteiger partial charge >= 0.3 is 6.03 Å². The van der Waals surface area contributed by atoms with E-state index in [0.29, 0.717) is 11.3 Å². The SMILES string of the molecule is NC(=O)Nc1cc(F)cc2c1OCOC2. The van der Waals surface area contributed by atoms with Gasteiger partial charge in [0.2, 0.25) is 0 Å². The van der Waals surface area contributed by atoms with Crippen LogP contribution in [-0.2, 0) is 11.3 Å². The molecular weight excluding hydrogens is 203 g/mol. The average molecular weight is 212 g/mol. The number of hydrogen-bond donors (Lipinski definition) is 2. The van der Waals surface area contributed by atoms with Gasteiger partial charge in [0.05, 0.1) is 12.3 Å². The topological polar surface area (TPSA) is 73.6 Å². The molecule has 15 heavy (non-hydrogen) atoms. The minimum atomic E-state index is -0.766. The number of hydrogen-bond acceptors (Lipinski definition) is 3. The van der Waals surface area contributed by atoms with Crippen LogP contribution in [0.2, 0.25) is 0 Å². The van der Waals surface area contributed by atoms with Crippen molar-refractivity contribution < 1.29 is 18.7 Å². The Hall–Kier alpha value is -1.82. The molecule has 80 valence electrons. The van der Waals surface area contributed by atoms with Gasteiger partial charge in [0.15, 0.2) is 12.5 Å². The third-order valence-corrected chi connectivity index (χ3v) is 1.93. The van der Waals surface area contributed by atoms with Crippen LogP contribution >= 0.6 is 0 Å². The molecule has 1 aromatic rings. The third kappa shape index (κ3) is 1.99. The Morgan fingerprint density at radius 2 is 2.33 bits per heavy atom. The van der Waals surface area contributed by atoms with E-state index in [1.54, 1.807) is 0 Å². The molecule has 0 spiro atoms. The predicted molar refractivity (Wildman–Crippen MR) is 49.9 cm³/mol. The largest absolute Gasteiger partial charge is 0.465 e. The van der Waals surface area contributed by atoms with Crippen LogP contribution in [0.15, 0.2) is 12.1 Å². The van der Waals surface area contributed by atoms with E-state index in [0.717, 1.165) is 6.07 Å². The van der Waals surface area contributed by atoms with Crippen molar-refractivity contribution in [3.8, 4) is 5.75 Å². The Bertz CT molecular complexity index is 409. The molecule has 3 N–H and O–H groups in total. The molecule has 1 aliphatic rings. The number of amides is 2. The van der Waals surface area contributed by atoms with Crippen LogP contribution < -0.4 is 15.8 Å². The molecule has 0 atom stereocenters. The molecule has 0 aliphatic carbocycles. The fraction of sp³-hybridized carbons (Fsp3) is 0.222. The number of ether oxygens (including phenoxy) is 2. The van der Waals surface area contributed by atoms with E-state index in [2.05, 4.69) is 5.32 Å². The summed E-state index contributed by atoms with van der Waals surface area (Å²) in [7, 11) is 0. The van der Waals surface area contributed by atoms with Crippen LogP contribution in [0.1, 0.15) is 5.56 Å². The summed E-state index contributed by atoms with van der Waals surface area (Å²) in [5.74, 6) is -0.0759. The lowest BCUT2D eigenvalue weighted by molar-refractivity contribution is -0.0160. The van der Waals surface area contributed by atoms with Crippen LogP contribution in [0.25, 0.3) is 0 Å². The monoisotopic (exact) mass is 212 g/mol. The fourth-order valence-electron chi connectivity index (χ4n) is 1.41.